The highest BCUT2D eigenvalue weighted by atomic mass is 32.2. The number of hydrogen-bond acceptors (Lipinski definition) is 3. The summed E-state index contributed by atoms with van der Waals surface area (Å²) in [4.78, 5) is 12.2. The van der Waals surface area contributed by atoms with Gasteiger partial charge < -0.3 is 4.74 Å². The molecule has 0 radical (unpaired) electrons. The Kier molecular flexibility index (Phi) is 8.46. The molecule has 4 nitrogen and oxygen atoms in total. The molecule has 0 spiro atoms. The van der Waals surface area contributed by atoms with Gasteiger partial charge in [0.25, 0.3) is 0 Å². The summed E-state index contributed by atoms with van der Waals surface area (Å²) in [5.41, 5.74) is 0.285. The Morgan fingerprint density at radius 1 is 1.12 bits per heavy atom. The third-order valence-electron chi connectivity index (χ3n) is 5.03. The molecule has 0 aliphatic carbocycles. The third kappa shape index (κ3) is 6.63. The van der Waals surface area contributed by atoms with Crippen LogP contribution in [0, 0.1) is 19.7 Å². The molecule has 0 unspecified atom stereocenters. The van der Waals surface area contributed by atoms with Crippen molar-refractivity contribution in [3.63, 3.8) is 0 Å². The molecule has 9 heteroatoms. The van der Waals surface area contributed by atoms with Crippen LogP contribution < -0.4 is 4.72 Å². The lowest BCUT2D eigenvalue weighted by atomic mass is 9.90. The molecule has 2 aromatic rings. The van der Waals surface area contributed by atoms with Gasteiger partial charge in [-0.15, -0.1) is 0 Å². The molecule has 1 N–H and O–H groups in total. The van der Waals surface area contributed by atoms with Crippen molar-refractivity contribution in [3.05, 3.63) is 58.4 Å². The number of rotatable bonds is 7. The van der Waals surface area contributed by atoms with Gasteiger partial charge in [-0.3, -0.25) is 4.79 Å². The summed E-state index contributed by atoms with van der Waals surface area (Å²) >= 11 is 0. The van der Waals surface area contributed by atoms with Crippen molar-refractivity contribution < 1.29 is 31.3 Å². The maximum Gasteiger partial charge on any atom is 0.419 e. The first-order valence-electron chi connectivity index (χ1n) is 10.5. The van der Waals surface area contributed by atoms with Gasteiger partial charge in [-0.2, -0.15) is 13.2 Å². The van der Waals surface area contributed by atoms with Crippen molar-refractivity contribution in [2.24, 2.45) is 0 Å². The summed E-state index contributed by atoms with van der Waals surface area (Å²) in [7, 11) is -1.79. The monoisotopic (exact) mass is 487 g/mol. The second kappa shape index (κ2) is 10.3. The van der Waals surface area contributed by atoms with Crippen LogP contribution in [-0.4, -0.2) is 21.5 Å². The predicted octanol–water partition coefficient (Wildman–Crippen LogP) is 6.17. The lowest BCUT2D eigenvalue weighted by molar-refractivity contribution is -0.143. The van der Waals surface area contributed by atoms with E-state index in [9.17, 15) is 22.2 Å². The highest BCUT2D eigenvalue weighted by Crippen LogP contribution is 2.40. The molecule has 0 fully saturated rings. The average Bonchev–Trinajstić information content (AvgIpc) is 2.66. The summed E-state index contributed by atoms with van der Waals surface area (Å²) in [6, 6.07) is 6.05. The smallest absolute Gasteiger partial charge is 0.419 e. The summed E-state index contributed by atoms with van der Waals surface area (Å²) in [5, 5.41) is 0. The number of carbonyl (C=O) groups excluding carboxylic acids is 1. The molecular weight excluding hydrogens is 458 g/mol. The Bertz CT molecular complexity index is 1020. The quantitative estimate of drug-likeness (QED) is 0.375. The molecule has 2 aromatic carbocycles. The largest absolute Gasteiger partial charge is 0.466 e. The zero-order chi connectivity index (χ0) is 25.1. The topological polar surface area (TPSA) is 55.4 Å². The fraction of sp³-hybridized carbons (Fsp3) is 0.458. The van der Waals surface area contributed by atoms with Gasteiger partial charge in [0.1, 0.15) is 5.82 Å². The number of hydrogen-bond donors (Lipinski definition) is 1. The van der Waals surface area contributed by atoms with E-state index in [0.29, 0.717) is 16.7 Å². The third-order valence-corrected chi connectivity index (χ3v) is 6.64. The number of esters is 1. The second-order valence-corrected chi connectivity index (χ2v) is 10.8. The fourth-order valence-electron chi connectivity index (χ4n) is 3.43. The molecular formula is C24H29F4NO3S. The molecule has 0 aliphatic rings. The van der Waals surface area contributed by atoms with Crippen LogP contribution in [-0.2, 0) is 26.7 Å². The van der Waals surface area contributed by atoms with Crippen molar-refractivity contribution in [3.8, 4) is 11.1 Å². The zero-order valence-electron chi connectivity index (χ0n) is 19.5. The van der Waals surface area contributed by atoms with Gasteiger partial charge in [0.2, 0.25) is 0 Å². The Balaban J connectivity index is 2.77. The molecule has 33 heavy (non-hydrogen) atoms. The molecule has 0 aromatic heterocycles. The van der Waals surface area contributed by atoms with Crippen LogP contribution in [0.5, 0.6) is 0 Å². The maximum absolute atomic E-state index is 15.3. The number of ether oxygens (including phenoxy) is 1. The van der Waals surface area contributed by atoms with E-state index < -0.39 is 57.3 Å². The van der Waals surface area contributed by atoms with E-state index in [4.69, 9.17) is 4.74 Å². The van der Waals surface area contributed by atoms with Crippen molar-refractivity contribution in [2.75, 3.05) is 6.61 Å². The van der Waals surface area contributed by atoms with Crippen LogP contribution in [0.2, 0.25) is 0 Å². The summed E-state index contributed by atoms with van der Waals surface area (Å²) < 4.78 is 76.2. The summed E-state index contributed by atoms with van der Waals surface area (Å²) in [5.74, 6) is -2.25. The van der Waals surface area contributed by atoms with Crippen LogP contribution in [0.15, 0.2) is 30.3 Å². The van der Waals surface area contributed by atoms with Crippen molar-refractivity contribution in [1.29, 1.82) is 0 Å². The normalized spacial score (nSPS) is 14.1. The van der Waals surface area contributed by atoms with Crippen molar-refractivity contribution in [1.82, 2.24) is 4.72 Å². The first-order chi connectivity index (χ1) is 15.2. The van der Waals surface area contributed by atoms with Crippen molar-refractivity contribution >= 4 is 17.0 Å². The van der Waals surface area contributed by atoms with Crippen LogP contribution in [0.1, 0.15) is 62.4 Å². The van der Waals surface area contributed by atoms with Gasteiger partial charge in [-0.1, -0.05) is 18.2 Å². The van der Waals surface area contributed by atoms with E-state index in [0.717, 1.165) is 6.07 Å². The molecule has 0 saturated heterocycles. The van der Waals surface area contributed by atoms with E-state index in [1.54, 1.807) is 59.7 Å². The lowest BCUT2D eigenvalue weighted by Gasteiger charge is -2.26. The maximum atomic E-state index is 15.3. The average molecular weight is 488 g/mol. The molecule has 182 valence electrons. The van der Waals surface area contributed by atoms with Crippen LogP contribution in [0.3, 0.4) is 0 Å². The van der Waals surface area contributed by atoms with E-state index in [1.807, 2.05) is 0 Å². The Morgan fingerprint density at radius 2 is 1.70 bits per heavy atom. The summed E-state index contributed by atoms with van der Waals surface area (Å²) in [6.45, 7) is 10.1. The van der Waals surface area contributed by atoms with Gasteiger partial charge in [0, 0.05) is 5.56 Å². The highest BCUT2D eigenvalue weighted by Gasteiger charge is 2.38. The number of halogens is 4. The molecule has 0 aliphatic heterocycles. The number of nitrogens with one attached hydrogen (secondary N) is 1. The highest BCUT2D eigenvalue weighted by molar-refractivity contribution is 7.84. The Labute approximate surface area is 194 Å². The van der Waals surface area contributed by atoms with Gasteiger partial charge in [-0.05, 0) is 75.9 Å². The van der Waals surface area contributed by atoms with Gasteiger partial charge >= 0.3 is 12.1 Å². The second-order valence-electron chi connectivity index (χ2n) is 8.75. The molecule has 2 atom stereocenters. The molecule has 0 amide bonds. The molecule has 0 saturated carbocycles. The van der Waals surface area contributed by atoms with E-state index in [-0.39, 0.29) is 12.2 Å². The molecule has 2 rings (SSSR count). The van der Waals surface area contributed by atoms with E-state index >= 15 is 4.39 Å². The predicted molar refractivity (Wildman–Crippen MR) is 121 cm³/mol. The first-order valence-corrected chi connectivity index (χ1v) is 11.6. The van der Waals surface area contributed by atoms with Gasteiger partial charge in [0.15, 0.2) is 0 Å². The number of alkyl halides is 3. The van der Waals surface area contributed by atoms with Crippen LogP contribution >= 0.6 is 0 Å². The zero-order valence-corrected chi connectivity index (χ0v) is 20.3. The Morgan fingerprint density at radius 3 is 2.18 bits per heavy atom. The van der Waals surface area contributed by atoms with Gasteiger partial charge in [0.05, 0.1) is 40.4 Å². The van der Waals surface area contributed by atoms with E-state index in [2.05, 4.69) is 4.72 Å². The van der Waals surface area contributed by atoms with Crippen LogP contribution in [0.4, 0.5) is 17.6 Å². The molecule has 0 bridgehead atoms. The van der Waals surface area contributed by atoms with E-state index in [1.165, 1.54) is 6.07 Å². The SMILES string of the molecule is CCOC(=O)C[C@H](N[S@](=O)C(C)(C)C)c1cc(-c2c(C)cccc2C)cc(C(F)(F)F)c1F. The van der Waals surface area contributed by atoms with Crippen LogP contribution in [0.25, 0.3) is 11.1 Å². The Hall–Kier alpha value is -2.26. The standard InChI is InChI=1S/C24H29F4NO3S/c1-7-32-20(30)13-19(29-33(31)23(4,5)6)17-11-16(12-18(22(17)25)24(26,27)28)21-14(2)9-8-10-15(21)3/h8-12,19,29H,7,13H2,1-6H3/t19-,33+/m0/s1. The molecule has 0 heterocycles. The number of aryl methyl sites for hydroxylation is 2. The minimum Gasteiger partial charge on any atom is -0.466 e. The first kappa shape index (κ1) is 27.0. The summed E-state index contributed by atoms with van der Waals surface area (Å²) in [6.07, 6.45) is -5.46. The number of carbonyl (C=O) groups is 1. The lowest BCUT2D eigenvalue weighted by Crippen LogP contribution is -2.37. The van der Waals surface area contributed by atoms with Crippen molar-refractivity contribution in [2.45, 2.75) is 64.9 Å². The van der Waals surface area contributed by atoms with Gasteiger partial charge in [-0.25, -0.2) is 13.3 Å². The minimum atomic E-state index is -4.97. The fourth-order valence-corrected chi connectivity index (χ4v) is 4.25. The minimum absolute atomic E-state index is 0.0483. The number of benzene rings is 2.